The predicted octanol–water partition coefficient (Wildman–Crippen LogP) is 3.53. The summed E-state index contributed by atoms with van der Waals surface area (Å²) in [6.45, 7) is 3.42. The second-order valence-electron chi connectivity index (χ2n) is 7.29. The van der Waals surface area contributed by atoms with E-state index in [1.807, 2.05) is 48.5 Å². The maximum absolute atomic E-state index is 12.6. The lowest BCUT2D eigenvalue weighted by molar-refractivity contribution is 0.229. The zero-order valence-electron chi connectivity index (χ0n) is 16.4. The second kappa shape index (κ2) is 9.34. The Kier molecular flexibility index (Phi) is 6.17. The average molecular weight is 386 g/mol. The smallest absolute Gasteiger partial charge is 0.315 e. The normalized spacial score (nSPS) is 14.6. The largest absolute Gasteiger partial charge is 0.337 e. The molecule has 2 N–H and O–H groups in total. The molecule has 0 bridgehead atoms. The molecule has 0 fully saturated rings. The molecule has 0 saturated carbocycles. The molecule has 29 heavy (non-hydrogen) atoms. The minimum Gasteiger partial charge on any atom is -0.337 e. The molecule has 2 heterocycles. The fraction of sp³-hybridized carbons (Fsp3) is 0.250. The van der Waals surface area contributed by atoms with Crippen molar-refractivity contribution in [3.8, 4) is 0 Å². The molecule has 1 aromatic heterocycles. The van der Waals surface area contributed by atoms with Crippen molar-refractivity contribution >= 4 is 6.03 Å². The van der Waals surface area contributed by atoms with E-state index in [-0.39, 0.29) is 12.1 Å². The van der Waals surface area contributed by atoms with Crippen LogP contribution in [-0.2, 0) is 13.0 Å². The highest BCUT2D eigenvalue weighted by atomic mass is 16.2. The van der Waals surface area contributed by atoms with Gasteiger partial charge in [-0.15, -0.1) is 0 Å². The average Bonchev–Trinajstić information content (AvgIpc) is 2.78. The fourth-order valence-corrected chi connectivity index (χ4v) is 3.77. The zero-order valence-corrected chi connectivity index (χ0v) is 16.4. The first kappa shape index (κ1) is 19.2. The van der Waals surface area contributed by atoms with Gasteiger partial charge in [0.1, 0.15) is 0 Å². The number of urea groups is 1. The fourth-order valence-electron chi connectivity index (χ4n) is 3.77. The molecule has 0 saturated heterocycles. The molecule has 3 aromatic rings. The van der Waals surface area contributed by atoms with Gasteiger partial charge in [-0.25, -0.2) is 4.79 Å². The number of rotatable bonds is 6. The van der Waals surface area contributed by atoms with Crippen LogP contribution in [0.1, 0.15) is 28.4 Å². The van der Waals surface area contributed by atoms with Gasteiger partial charge in [0.15, 0.2) is 0 Å². The Morgan fingerprint density at radius 2 is 1.72 bits per heavy atom. The van der Waals surface area contributed by atoms with Crippen LogP contribution in [0.5, 0.6) is 0 Å². The molecule has 1 aliphatic rings. The van der Waals surface area contributed by atoms with Gasteiger partial charge in [-0.1, -0.05) is 60.7 Å². The Labute approximate surface area is 171 Å². The van der Waals surface area contributed by atoms with Crippen LogP contribution >= 0.6 is 0 Å². The van der Waals surface area contributed by atoms with Crippen LogP contribution in [0.2, 0.25) is 0 Å². The summed E-state index contributed by atoms with van der Waals surface area (Å²) in [4.78, 5) is 19.4. The number of aromatic nitrogens is 1. The summed E-state index contributed by atoms with van der Waals surface area (Å²) in [6.07, 6.45) is 2.82. The summed E-state index contributed by atoms with van der Waals surface area (Å²) in [5.74, 6) is 0. The van der Waals surface area contributed by atoms with Gasteiger partial charge >= 0.3 is 6.03 Å². The number of hydrogen-bond donors (Lipinski definition) is 2. The van der Waals surface area contributed by atoms with Crippen molar-refractivity contribution in [2.75, 3.05) is 19.6 Å². The molecule has 148 valence electrons. The van der Waals surface area contributed by atoms with Gasteiger partial charge in [-0.05, 0) is 35.2 Å². The van der Waals surface area contributed by atoms with E-state index in [1.165, 1.54) is 11.1 Å². The van der Waals surface area contributed by atoms with Gasteiger partial charge in [0.25, 0.3) is 0 Å². The van der Waals surface area contributed by atoms with Gasteiger partial charge in [0.05, 0.1) is 11.7 Å². The minimum absolute atomic E-state index is 0.179. The monoisotopic (exact) mass is 386 g/mol. The van der Waals surface area contributed by atoms with Crippen LogP contribution < -0.4 is 10.6 Å². The van der Waals surface area contributed by atoms with Crippen LogP contribution in [0.4, 0.5) is 4.79 Å². The van der Waals surface area contributed by atoms with Gasteiger partial charge in [-0.2, -0.15) is 0 Å². The van der Waals surface area contributed by atoms with E-state index in [0.717, 1.165) is 37.3 Å². The van der Waals surface area contributed by atoms with Crippen LogP contribution in [0.15, 0.2) is 79.0 Å². The highest BCUT2D eigenvalue weighted by Crippen LogP contribution is 2.20. The number of nitrogens with one attached hydrogen (secondary N) is 2. The maximum atomic E-state index is 12.6. The Balaban J connectivity index is 1.32. The third-order valence-electron chi connectivity index (χ3n) is 5.32. The quantitative estimate of drug-likeness (QED) is 0.681. The van der Waals surface area contributed by atoms with Gasteiger partial charge in [0, 0.05) is 32.4 Å². The molecular weight excluding hydrogens is 360 g/mol. The van der Waals surface area contributed by atoms with Crippen LogP contribution in [0.25, 0.3) is 0 Å². The number of pyridine rings is 1. The summed E-state index contributed by atoms with van der Waals surface area (Å²) in [6, 6.07) is 23.8. The molecule has 0 radical (unpaired) electrons. The first-order valence-electron chi connectivity index (χ1n) is 10.1. The lowest BCUT2D eigenvalue weighted by Gasteiger charge is -2.28. The molecule has 2 aromatic carbocycles. The van der Waals surface area contributed by atoms with E-state index in [0.29, 0.717) is 6.54 Å². The zero-order chi connectivity index (χ0) is 19.9. The van der Waals surface area contributed by atoms with Crippen molar-refractivity contribution in [2.24, 2.45) is 0 Å². The topological polar surface area (TPSA) is 57.3 Å². The highest BCUT2D eigenvalue weighted by Gasteiger charge is 2.18. The van der Waals surface area contributed by atoms with E-state index in [9.17, 15) is 4.79 Å². The molecule has 1 aliphatic heterocycles. The molecular formula is C24H26N4O. The Morgan fingerprint density at radius 3 is 2.52 bits per heavy atom. The predicted molar refractivity (Wildman–Crippen MR) is 114 cm³/mol. The Morgan fingerprint density at radius 1 is 0.966 bits per heavy atom. The SMILES string of the molecule is O=C(NCCN1CCc2ccccc2C1)NC(c1ccccc1)c1ccccn1. The standard InChI is InChI=1S/C24H26N4O/c29-24(26-15-17-28-16-13-19-8-4-5-11-21(19)18-28)27-23(20-9-2-1-3-10-20)22-12-6-7-14-25-22/h1-12,14,23H,13,15-18H2,(H2,26,27,29). The number of nitrogens with zero attached hydrogens (tertiary/aromatic N) is 2. The first-order valence-corrected chi connectivity index (χ1v) is 10.1. The van der Waals surface area contributed by atoms with Crippen LogP contribution in [0, 0.1) is 0 Å². The van der Waals surface area contributed by atoms with E-state index in [4.69, 9.17) is 0 Å². The molecule has 0 spiro atoms. The summed E-state index contributed by atoms with van der Waals surface area (Å²) in [5.41, 5.74) is 4.66. The molecule has 5 heteroatoms. The van der Waals surface area contributed by atoms with Gasteiger partial charge in [0.2, 0.25) is 0 Å². The summed E-state index contributed by atoms with van der Waals surface area (Å²) in [5, 5.41) is 6.08. The van der Waals surface area contributed by atoms with Crippen molar-refractivity contribution < 1.29 is 4.79 Å². The number of benzene rings is 2. The lowest BCUT2D eigenvalue weighted by atomic mass is 10.00. The molecule has 0 aliphatic carbocycles. The number of carbonyl (C=O) groups excluding carboxylic acids is 1. The van der Waals surface area contributed by atoms with Gasteiger partial charge < -0.3 is 10.6 Å². The molecule has 4 rings (SSSR count). The molecule has 1 unspecified atom stereocenters. The van der Waals surface area contributed by atoms with Crippen LogP contribution in [-0.4, -0.2) is 35.5 Å². The number of fused-ring (bicyclic) bond motifs is 1. The molecule has 5 nitrogen and oxygen atoms in total. The molecule has 2 amide bonds. The van der Waals surface area contributed by atoms with E-state index < -0.39 is 0 Å². The van der Waals surface area contributed by atoms with E-state index in [2.05, 4.69) is 44.8 Å². The number of carbonyl (C=O) groups is 1. The third kappa shape index (κ3) is 5.00. The van der Waals surface area contributed by atoms with E-state index >= 15 is 0 Å². The van der Waals surface area contributed by atoms with Crippen molar-refractivity contribution in [3.05, 3.63) is 101 Å². The lowest BCUT2D eigenvalue weighted by Crippen LogP contribution is -2.43. The van der Waals surface area contributed by atoms with E-state index in [1.54, 1.807) is 6.20 Å². The van der Waals surface area contributed by atoms with Crippen molar-refractivity contribution in [1.29, 1.82) is 0 Å². The summed E-state index contributed by atoms with van der Waals surface area (Å²) >= 11 is 0. The van der Waals surface area contributed by atoms with Crippen molar-refractivity contribution in [1.82, 2.24) is 20.5 Å². The Hall–Kier alpha value is -3.18. The van der Waals surface area contributed by atoms with Crippen molar-refractivity contribution in [2.45, 2.75) is 19.0 Å². The second-order valence-corrected chi connectivity index (χ2v) is 7.29. The first-order chi connectivity index (χ1) is 14.3. The summed E-state index contributed by atoms with van der Waals surface area (Å²) < 4.78 is 0. The minimum atomic E-state index is -0.278. The van der Waals surface area contributed by atoms with Crippen molar-refractivity contribution in [3.63, 3.8) is 0 Å². The third-order valence-corrected chi connectivity index (χ3v) is 5.32. The summed E-state index contributed by atoms with van der Waals surface area (Å²) in [7, 11) is 0. The highest BCUT2D eigenvalue weighted by molar-refractivity contribution is 5.74. The number of hydrogen-bond acceptors (Lipinski definition) is 3. The van der Waals surface area contributed by atoms with Gasteiger partial charge in [-0.3, -0.25) is 9.88 Å². The Bertz CT molecular complexity index is 890. The molecule has 1 atom stereocenters. The maximum Gasteiger partial charge on any atom is 0.315 e. The number of amides is 2. The van der Waals surface area contributed by atoms with Crippen LogP contribution in [0.3, 0.4) is 0 Å².